The fraction of sp³-hybridized carbons (Fsp3) is 0.750. The van der Waals surface area contributed by atoms with Crippen LogP contribution >= 0.6 is 0 Å². The van der Waals surface area contributed by atoms with E-state index >= 15 is 0 Å². The van der Waals surface area contributed by atoms with Crippen molar-refractivity contribution in [3.63, 3.8) is 0 Å². The molecular formula is C16H27N3O. The number of aromatic nitrogens is 2. The van der Waals surface area contributed by atoms with Gasteiger partial charge in [-0.2, -0.15) is 0 Å². The lowest BCUT2D eigenvalue weighted by molar-refractivity contribution is 0.00643. The summed E-state index contributed by atoms with van der Waals surface area (Å²) in [5.41, 5.74) is 0.998. The second kappa shape index (κ2) is 8.32. The summed E-state index contributed by atoms with van der Waals surface area (Å²) in [5.74, 6) is 0.630. The SMILES string of the molecule is CCCNC(c1cnccn1)C(OC)C1CCCCC1. The highest BCUT2D eigenvalue weighted by molar-refractivity contribution is 5.06. The van der Waals surface area contributed by atoms with Crippen LogP contribution in [-0.4, -0.2) is 29.7 Å². The van der Waals surface area contributed by atoms with Gasteiger partial charge in [-0.05, 0) is 31.7 Å². The largest absolute Gasteiger partial charge is 0.379 e. The Morgan fingerprint density at radius 2 is 2.10 bits per heavy atom. The lowest BCUT2D eigenvalue weighted by Gasteiger charge is -2.35. The van der Waals surface area contributed by atoms with Gasteiger partial charge in [0.05, 0.1) is 24.0 Å². The van der Waals surface area contributed by atoms with Crippen LogP contribution in [0.5, 0.6) is 0 Å². The van der Waals surface area contributed by atoms with Crippen molar-refractivity contribution >= 4 is 0 Å². The van der Waals surface area contributed by atoms with Gasteiger partial charge in [-0.15, -0.1) is 0 Å². The zero-order chi connectivity index (χ0) is 14.2. The van der Waals surface area contributed by atoms with E-state index in [-0.39, 0.29) is 12.1 Å². The van der Waals surface area contributed by atoms with E-state index in [1.54, 1.807) is 12.4 Å². The summed E-state index contributed by atoms with van der Waals surface area (Å²) in [7, 11) is 1.83. The molecule has 1 N–H and O–H groups in total. The van der Waals surface area contributed by atoms with E-state index in [0.717, 1.165) is 18.7 Å². The summed E-state index contributed by atoms with van der Waals surface area (Å²) in [6.45, 7) is 3.16. The Balaban J connectivity index is 2.14. The van der Waals surface area contributed by atoms with Crippen LogP contribution in [0, 0.1) is 5.92 Å². The van der Waals surface area contributed by atoms with E-state index in [2.05, 4.69) is 22.2 Å². The summed E-state index contributed by atoms with van der Waals surface area (Å²) < 4.78 is 5.87. The molecule has 20 heavy (non-hydrogen) atoms. The standard InChI is InChI=1S/C16H27N3O/c1-3-9-19-15(14-12-17-10-11-18-14)16(20-2)13-7-5-4-6-8-13/h10-13,15-16,19H,3-9H2,1-2H3. The second-order valence-corrected chi connectivity index (χ2v) is 5.66. The van der Waals surface area contributed by atoms with Gasteiger partial charge in [0.25, 0.3) is 0 Å². The van der Waals surface area contributed by atoms with Crippen molar-refractivity contribution in [2.75, 3.05) is 13.7 Å². The first-order valence-electron chi connectivity index (χ1n) is 7.89. The maximum Gasteiger partial charge on any atom is 0.0810 e. The molecule has 0 aromatic carbocycles. The molecule has 0 spiro atoms. The Labute approximate surface area is 122 Å². The highest BCUT2D eigenvalue weighted by atomic mass is 16.5. The molecule has 0 amide bonds. The van der Waals surface area contributed by atoms with Crippen LogP contribution in [0.1, 0.15) is 57.2 Å². The van der Waals surface area contributed by atoms with Crippen LogP contribution in [0.3, 0.4) is 0 Å². The molecule has 1 aliphatic rings. The van der Waals surface area contributed by atoms with E-state index in [1.807, 2.05) is 13.3 Å². The third-order valence-electron chi connectivity index (χ3n) is 4.23. The average Bonchev–Trinajstić information content (AvgIpc) is 2.53. The maximum absolute atomic E-state index is 5.87. The van der Waals surface area contributed by atoms with Crippen LogP contribution in [0.4, 0.5) is 0 Å². The third-order valence-corrected chi connectivity index (χ3v) is 4.23. The monoisotopic (exact) mass is 277 g/mol. The van der Waals surface area contributed by atoms with Gasteiger partial charge >= 0.3 is 0 Å². The normalized spacial score (nSPS) is 19.7. The van der Waals surface area contributed by atoms with Crippen molar-refractivity contribution in [2.45, 2.75) is 57.6 Å². The Kier molecular flexibility index (Phi) is 6.40. The smallest absolute Gasteiger partial charge is 0.0810 e. The van der Waals surface area contributed by atoms with E-state index in [0.29, 0.717) is 5.92 Å². The zero-order valence-corrected chi connectivity index (χ0v) is 12.7. The van der Waals surface area contributed by atoms with Crippen LogP contribution in [0.15, 0.2) is 18.6 Å². The van der Waals surface area contributed by atoms with E-state index in [9.17, 15) is 0 Å². The summed E-state index contributed by atoms with van der Waals surface area (Å²) in [6.07, 6.45) is 13.2. The molecule has 0 bridgehead atoms. The molecule has 4 heteroatoms. The molecule has 1 aliphatic carbocycles. The molecule has 1 heterocycles. The second-order valence-electron chi connectivity index (χ2n) is 5.66. The van der Waals surface area contributed by atoms with Gasteiger partial charge in [-0.3, -0.25) is 9.97 Å². The van der Waals surface area contributed by atoms with E-state index < -0.39 is 0 Å². The predicted octanol–water partition coefficient (Wildman–Crippen LogP) is 3.11. The number of hydrogen-bond acceptors (Lipinski definition) is 4. The first-order valence-corrected chi connectivity index (χ1v) is 7.89. The average molecular weight is 277 g/mol. The molecule has 2 rings (SSSR count). The Morgan fingerprint density at radius 3 is 2.70 bits per heavy atom. The Hall–Kier alpha value is -1.00. The lowest BCUT2D eigenvalue weighted by Crippen LogP contribution is -2.40. The molecule has 2 unspecified atom stereocenters. The van der Waals surface area contributed by atoms with Gasteiger partial charge in [-0.1, -0.05) is 26.2 Å². The van der Waals surface area contributed by atoms with Crippen molar-refractivity contribution in [1.29, 1.82) is 0 Å². The topological polar surface area (TPSA) is 47.0 Å². The van der Waals surface area contributed by atoms with Gasteiger partial charge in [0.2, 0.25) is 0 Å². The highest BCUT2D eigenvalue weighted by Crippen LogP contribution is 2.33. The molecule has 4 nitrogen and oxygen atoms in total. The third kappa shape index (κ3) is 4.00. The fourth-order valence-electron chi connectivity index (χ4n) is 3.22. The minimum absolute atomic E-state index is 0.150. The van der Waals surface area contributed by atoms with Crippen LogP contribution < -0.4 is 5.32 Å². The minimum Gasteiger partial charge on any atom is -0.379 e. The molecular weight excluding hydrogens is 250 g/mol. The molecule has 0 saturated heterocycles. The van der Waals surface area contributed by atoms with Crippen LogP contribution in [0.25, 0.3) is 0 Å². The first-order chi connectivity index (χ1) is 9.86. The van der Waals surface area contributed by atoms with Crippen molar-refractivity contribution in [3.8, 4) is 0 Å². The summed E-state index contributed by atoms with van der Waals surface area (Å²) in [5, 5.41) is 3.61. The van der Waals surface area contributed by atoms with E-state index in [4.69, 9.17) is 4.74 Å². The van der Waals surface area contributed by atoms with Gasteiger partial charge in [0.1, 0.15) is 0 Å². The molecule has 1 fully saturated rings. The molecule has 112 valence electrons. The van der Waals surface area contributed by atoms with Crippen molar-refractivity contribution in [3.05, 3.63) is 24.3 Å². The summed E-state index contributed by atoms with van der Waals surface area (Å²) in [4.78, 5) is 8.71. The number of methoxy groups -OCH3 is 1. The predicted molar refractivity (Wildman–Crippen MR) is 80.4 cm³/mol. The quantitative estimate of drug-likeness (QED) is 0.832. The fourth-order valence-corrected chi connectivity index (χ4v) is 3.22. The zero-order valence-electron chi connectivity index (χ0n) is 12.7. The number of nitrogens with zero attached hydrogens (tertiary/aromatic N) is 2. The molecule has 1 saturated carbocycles. The van der Waals surface area contributed by atoms with Gasteiger partial charge in [-0.25, -0.2) is 0 Å². The summed E-state index contributed by atoms with van der Waals surface area (Å²) >= 11 is 0. The van der Waals surface area contributed by atoms with Crippen molar-refractivity contribution in [1.82, 2.24) is 15.3 Å². The molecule has 0 radical (unpaired) electrons. The van der Waals surface area contributed by atoms with E-state index in [1.165, 1.54) is 32.1 Å². The number of ether oxygens (including phenoxy) is 1. The minimum atomic E-state index is 0.150. The number of nitrogens with one attached hydrogen (secondary N) is 1. The molecule has 2 atom stereocenters. The van der Waals surface area contributed by atoms with Crippen molar-refractivity contribution in [2.24, 2.45) is 5.92 Å². The van der Waals surface area contributed by atoms with Crippen LogP contribution in [-0.2, 0) is 4.74 Å². The van der Waals surface area contributed by atoms with Crippen LogP contribution in [0.2, 0.25) is 0 Å². The molecule has 1 aromatic rings. The van der Waals surface area contributed by atoms with Gasteiger partial charge in [0, 0.05) is 19.5 Å². The number of rotatable bonds is 7. The Morgan fingerprint density at radius 1 is 1.30 bits per heavy atom. The maximum atomic E-state index is 5.87. The Bertz CT molecular complexity index is 365. The lowest BCUT2D eigenvalue weighted by atomic mass is 9.82. The highest BCUT2D eigenvalue weighted by Gasteiger charge is 2.32. The number of hydrogen-bond donors (Lipinski definition) is 1. The van der Waals surface area contributed by atoms with Crippen molar-refractivity contribution < 1.29 is 4.74 Å². The first kappa shape index (κ1) is 15.4. The molecule has 1 aromatic heterocycles. The summed E-state index contributed by atoms with van der Waals surface area (Å²) in [6, 6.07) is 0.150. The van der Waals surface area contributed by atoms with Gasteiger partial charge in [0.15, 0.2) is 0 Å². The van der Waals surface area contributed by atoms with Gasteiger partial charge < -0.3 is 10.1 Å². The molecule has 0 aliphatic heterocycles.